The highest BCUT2D eigenvalue weighted by molar-refractivity contribution is 6.35. The molecular formula is C25H25NO. The fraction of sp³-hybridized carbons (Fsp3) is 0.320. The Morgan fingerprint density at radius 2 is 1.52 bits per heavy atom. The first-order valence-electron chi connectivity index (χ1n) is 9.92. The Morgan fingerprint density at radius 1 is 0.889 bits per heavy atom. The van der Waals surface area contributed by atoms with Crippen molar-refractivity contribution in [1.82, 2.24) is 4.90 Å². The van der Waals surface area contributed by atoms with Gasteiger partial charge >= 0.3 is 0 Å². The molecule has 0 heterocycles. The lowest BCUT2D eigenvalue weighted by molar-refractivity contribution is -0.117. The summed E-state index contributed by atoms with van der Waals surface area (Å²) in [6, 6.07) is 20.8. The number of fused-ring (bicyclic) bond motifs is 2. The Labute approximate surface area is 161 Å². The summed E-state index contributed by atoms with van der Waals surface area (Å²) >= 11 is 0. The van der Waals surface area contributed by atoms with Gasteiger partial charge in [0.2, 0.25) is 0 Å². The van der Waals surface area contributed by atoms with E-state index < -0.39 is 0 Å². The number of hydrogen-bond acceptors (Lipinski definition) is 2. The van der Waals surface area contributed by atoms with Crippen molar-refractivity contribution in [3.05, 3.63) is 82.9 Å². The summed E-state index contributed by atoms with van der Waals surface area (Å²) in [5, 5.41) is 0. The molecule has 0 amide bonds. The van der Waals surface area contributed by atoms with Crippen LogP contribution in [0.3, 0.4) is 0 Å². The molecule has 2 unspecified atom stereocenters. The lowest BCUT2D eigenvalue weighted by atomic mass is 9.76. The number of benzene rings is 2. The van der Waals surface area contributed by atoms with Gasteiger partial charge in [0.25, 0.3) is 0 Å². The Bertz CT molecular complexity index is 968. The maximum atomic E-state index is 13.9. The summed E-state index contributed by atoms with van der Waals surface area (Å²) in [4.78, 5) is 16.2. The van der Waals surface area contributed by atoms with Crippen LogP contribution in [0.5, 0.6) is 0 Å². The predicted octanol–water partition coefficient (Wildman–Crippen LogP) is 4.98. The molecule has 27 heavy (non-hydrogen) atoms. The molecule has 0 N–H and O–H groups in total. The predicted molar refractivity (Wildman–Crippen MR) is 110 cm³/mol. The van der Waals surface area contributed by atoms with Crippen LogP contribution in [0, 0.1) is 5.92 Å². The van der Waals surface area contributed by atoms with E-state index in [1.807, 2.05) is 18.2 Å². The molecule has 0 radical (unpaired) electrons. The van der Waals surface area contributed by atoms with Gasteiger partial charge in [-0.25, -0.2) is 0 Å². The van der Waals surface area contributed by atoms with E-state index in [-0.39, 0.29) is 11.5 Å². The van der Waals surface area contributed by atoms with Crippen molar-refractivity contribution >= 4 is 16.9 Å². The lowest BCUT2D eigenvalue weighted by Gasteiger charge is -2.41. The van der Waals surface area contributed by atoms with Crippen LogP contribution in [0.2, 0.25) is 0 Å². The highest BCUT2D eigenvalue weighted by Crippen LogP contribution is 2.61. The standard InChI is InChI=1S/C25H25NO/c1-26(2)25-16-19-14-9-15-20(19)23(25)24(27)21(17-10-5-3-6-11-17)22(25)18-12-7-4-8-13-18/h3-8,10-13,23H,9,14-16H2,1-2H3. The zero-order valence-corrected chi connectivity index (χ0v) is 16.0. The maximum Gasteiger partial charge on any atom is 0.173 e. The summed E-state index contributed by atoms with van der Waals surface area (Å²) in [7, 11) is 4.30. The van der Waals surface area contributed by atoms with E-state index in [0.29, 0.717) is 5.78 Å². The molecule has 0 spiro atoms. The van der Waals surface area contributed by atoms with Gasteiger partial charge in [-0.15, -0.1) is 0 Å². The fourth-order valence-electron chi connectivity index (χ4n) is 5.72. The monoisotopic (exact) mass is 355 g/mol. The zero-order chi connectivity index (χ0) is 18.6. The molecular weight excluding hydrogens is 330 g/mol. The van der Waals surface area contributed by atoms with E-state index in [2.05, 4.69) is 61.5 Å². The number of carbonyl (C=O) groups excluding carboxylic acids is 1. The Kier molecular flexibility index (Phi) is 3.73. The molecule has 2 heteroatoms. The van der Waals surface area contributed by atoms with Crippen LogP contribution in [0.4, 0.5) is 0 Å². The van der Waals surface area contributed by atoms with Gasteiger partial charge in [0, 0.05) is 5.57 Å². The van der Waals surface area contributed by atoms with E-state index >= 15 is 0 Å². The average Bonchev–Trinajstić information content (AvgIpc) is 3.32. The van der Waals surface area contributed by atoms with Gasteiger partial charge in [0.05, 0.1) is 11.5 Å². The zero-order valence-electron chi connectivity index (χ0n) is 16.0. The second-order valence-corrected chi connectivity index (χ2v) is 8.26. The van der Waals surface area contributed by atoms with Crippen LogP contribution in [0.15, 0.2) is 71.8 Å². The first kappa shape index (κ1) is 16.7. The number of hydrogen-bond donors (Lipinski definition) is 0. The molecule has 0 saturated heterocycles. The molecule has 3 aliphatic carbocycles. The van der Waals surface area contributed by atoms with E-state index in [0.717, 1.165) is 30.4 Å². The SMILES string of the molecule is CN(C)C12CC3=C(CCC3)C1C(=O)C(c1ccccc1)=C2c1ccccc1. The number of allylic oxidation sites excluding steroid dienone is 1. The third-order valence-corrected chi connectivity index (χ3v) is 6.80. The van der Waals surface area contributed by atoms with Crippen molar-refractivity contribution in [2.24, 2.45) is 5.92 Å². The van der Waals surface area contributed by atoms with Crippen LogP contribution < -0.4 is 0 Å². The third-order valence-electron chi connectivity index (χ3n) is 6.80. The molecule has 5 rings (SSSR count). The number of ketones is 1. The number of carbonyl (C=O) groups is 1. The topological polar surface area (TPSA) is 20.3 Å². The first-order valence-corrected chi connectivity index (χ1v) is 9.92. The third kappa shape index (κ3) is 2.20. The second-order valence-electron chi connectivity index (χ2n) is 8.26. The number of Topliss-reactive ketones (excluding diaryl/α,β-unsaturated/α-hetero) is 1. The molecule has 0 saturated carbocycles. The van der Waals surface area contributed by atoms with Gasteiger partial charge in [-0.3, -0.25) is 9.69 Å². The minimum absolute atomic E-state index is 0.0181. The molecule has 2 atom stereocenters. The van der Waals surface area contributed by atoms with E-state index in [4.69, 9.17) is 0 Å². The van der Waals surface area contributed by atoms with Crippen molar-refractivity contribution in [3.63, 3.8) is 0 Å². The van der Waals surface area contributed by atoms with E-state index in [1.165, 1.54) is 23.1 Å². The summed E-state index contributed by atoms with van der Waals surface area (Å²) in [6.45, 7) is 0. The number of likely N-dealkylation sites (N-methyl/N-ethyl adjacent to an activating group) is 1. The summed E-state index contributed by atoms with van der Waals surface area (Å²) in [6.07, 6.45) is 4.45. The van der Waals surface area contributed by atoms with Crippen molar-refractivity contribution in [2.75, 3.05) is 14.1 Å². The minimum Gasteiger partial charge on any atom is -0.298 e. The highest BCUT2D eigenvalue weighted by Gasteiger charge is 2.60. The molecule has 0 fully saturated rings. The quantitative estimate of drug-likeness (QED) is 0.724. The van der Waals surface area contributed by atoms with E-state index in [9.17, 15) is 4.79 Å². The normalized spacial score (nSPS) is 26.9. The van der Waals surface area contributed by atoms with Gasteiger partial charge in [0.15, 0.2) is 5.78 Å². The Balaban J connectivity index is 1.81. The molecule has 0 aliphatic heterocycles. The molecule has 0 bridgehead atoms. The van der Waals surface area contributed by atoms with Gasteiger partial charge in [-0.05, 0) is 56.5 Å². The Hall–Kier alpha value is -2.45. The van der Waals surface area contributed by atoms with E-state index in [1.54, 1.807) is 5.57 Å². The van der Waals surface area contributed by atoms with Gasteiger partial charge in [-0.1, -0.05) is 71.8 Å². The van der Waals surface area contributed by atoms with Crippen LogP contribution in [0.25, 0.3) is 11.1 Å². The molecule has 136 valence electrons. The molecule has 0 aromatic heterocycles. The van der Waals surface area contributed by atoms with Gasteiger partial charge < -0.3 is 0 Å². The number of rotatable bonds is 3. The average molecular weight is 355 g/mol. The molecule has 2 nitrogen and oxygen atoms in total. The van der Waals surface area contributed by atoms with Crippen molar-refractivity contribution < 1.29 is 4.79 Å². The molecule has 2 aromatic carbocycles. The molecule has 2 aromatic rings. The molecule has 3 aliphatic rings. The highest BCUT2D eigenvalue weighted by atomic mass is 16.1. The van der Waals surface area contributed by atoms with Gasteiger partial charge in [0.1, 0.15) is 0 Å². The van der Waals surface area contributed by atoms with Crippen LogP contribution in [-0.4, -0.2) is 30.3 Å². The van der Waals surface area contributed by atoms with Crippen molar-refractivity contribution in [2.45, 2.75) is 31.2 Å². The van der Waals surface area contributed by atoms with Crippen LogP contribution >= 0.6 is 0 Å². The smallest absolute Gasteiger partial charge is 0.173 e. The van der Waals surface area contributed by atoms with Gasteiger partial charge in [-0.2, -0.15) is 0 Å². The lowest BCUT2D eigenvalue weighted by Crippen LogP contribution is -2.48. The van der Waals surface area contributed by atoms with Crippen molar-refractivity contribution in [1.29, 1.82) is 0 Å². The maximum absolute atomic E-state index is 13.9. The minimum atomic E-state index is -0.241. The summed E-state index contributed by atoms with van der Waals surface area (Å²) < 4.78 is 0. The van der Waals surface area contributed by atoms with Crippen LogP contribution in [0.1, 0.15) is 36.8 Å². The first-order chi connectivity index (χ1) is 13.1. The largest absolute Gasteiger partial charge is 0.298 e. The second kappa shape index (κ2) is 6.03. The number of nitrogens with zero attached hydrogens (tertiary/aromatic N) is 1. The summed E-state index contributed by atoms with van der Waals surface area (Å²) in [5.41, 5.74) is 7.13. The fourth-order valence-corrected chi connectivity index (χ4v) is 5.72. The van der Waals surface area contributed by atoms with Crippen molar-refractivity contribution in [3.8, 4) is 0 Å². The summed E-state index contributed by atoms with van der Waals surface area (Å²) in [5.74, 6) is 0.302. The van der Waals surface area contributed by atoms with Crippen LogP contribution in [-0.2, 0) is 4.79 Å². The Morgan fingerprint density at radius 3 is 2.15 bits per heavy atom.